The summed E-state index contributed by atoms with van der Waals surface area (Å²) in [4.78, 5) is 66.2. The van der Waals surface area contributed by atoms with Gasteiger partial charge in [0.25, 0.3) is 15.6 Å². The van der Waals surface area contributed by atoms with Crippen molar-refractivity contribution in [2.45, 2.75) is 64.2 Å². The molecule has 4 rings (SSSR count). The van der Waals surface area contributed by atoms with Crippen LogP contribution in [0.3, 0.4) is 0 Å². The summed E-state index contributed by atoms with van der Waals surface area (Å²) in [6.07, 6.45) is 0. The fourth-order valence-electron chi connectivity index (χ4n) is 4.35. The molecule has 15 heteroatoms. The third-order valence-electron chi connectivity index (χ3n) is 6.27. The summed E-state index contributed by atoms with van der Waals surface area (Å²) in [6, 6.07) is 12.5. The normalized spacial score (nSPS) is 12.1. The minimum Gasteiger partial charge on any atom is -0.456 e. The van der Waals surface area contributed by atoms with Crippen molar-refractivity contribution >= 4 is 67.7 Å². The van der Waals surface area contributed by atoms with Crippen LogP contribution in [0.15, 0.2) is 75.1 Å². The van der Waals surface area contributed by atoms with Crippen molar-refractivity contribution in [1.29, 1.82) is 0 Å². The first kappa shape index (κ1) is 35.4. The lowest BCUT2D eigenvalue weighted by molar-refractivity contribution is -0.116. The number of amides is 1. The highest BCUT2D eigenvalue weighted by Crippen LogP contribution is 2.24. The highest BCUT2D eigenvalue weighted by atomic mass is 35.5. The minimum absolute atomic E-state index is 0.00937. The van der Waals surface area contributed by atoms with Crippen LogP contribution in [0, 0.1) is 0 Å². The zero-order valence-corrected chi connectivity index (χ0v) is 28.5. The summed E-state index contributed by atoms with van der Waals surface area (Å²) in [5.74, 6) is -2.48. The Morgan fingerprint density at radius 2 is 1.36 bits per heavy atom. The Hall–Kier alpha value is -4.46. The maximum Gasteiger partial charge on any atom is 0.346 e. The molecule has 0 unspecified atom stereocenters. The second kappa shape index (κ2) is 13.0. The topological polar surface area (TPSA) is 160 Å². The smallest absolute Gasteiger partial charge is 0.346 e. The van der Waals surface area contributed by atoms with Gasteiger partial charge in [0.05, 0.1) is 32.6 Å². The molecule has 0 fully saturated rings. The standard InChI is InChI=1S/C32H31Cl2N3O9S/c1-31(2,3)45-28(40)18-7-14-24(23(15-18)29(41)46-32(4,5)6)35-26(38)17-36-25-16-20(34)10-13-22(25)27(39)37(30(36)42)47(43,44)21-11-8-19(33)9-12-21/h7-16H,17H2,1-6H3,(H,35,38). The number of rotatable bonds is 7. The second-order valence-electron chi connectivity index (χ2n) is 12.4. The van der Waals surface area contributed by atoms with Gasteiger partial charge in [-0.3, -0.25) is 14.2 Å². The van der Waals surface area contributed by atoms with Gasteiger partial charge in [-0.1, -0.05) is 23.2 Å². The Morgan fingerprint density at radius 1 is 0.787 bits per heavy atom. The van der Waals surface area contributed by atoms with Crippen molar-refractivity contribution in [2.75, 3.05) is 5.32 Å². The number of hydrogen-bond donors (Lipinski definition) is 1. The largest absolute Gasteiger partial charge is 0.456 e. The van der Waals surface area contributed by atoms with E-state index in [1.54, 1.807) is 41.5 Å². The first-order chi connectivity index (χ1) is 21.7. The number of ether oxygens (including phenoxy) is 2. The number of halogens is 2. The molecule has 248 valence electrons. The van der Waals surface area contributed by atoms with Gasteiger partial charge in [0, 0.05) is 10.0 Å². The molecule has 12 nitrogen and oxygen atoms in total. The van der Waals surface area contributed by atoms with Gasteiger partial charge >= 0.3 is 17.6 Å². The van der Waals surface area contributed by atoms with Gasteiger partial charge in [0.1, 0.15) is 17.7 Å². The molecule has 0 aliphatic heterocycles. The van der Waals surface area contributed by atoms with Crippen molar-refractivity contribution in [1.82, 2.24) is 8.54 Å². The Kier molecular flexibility index (Phi) is 9.77. The lowest BCUT2D eigenvalue weighted by atomic mass is 10.1. The maximum absolute atomic E-state index is 13.7. The predicted octanol–water partition coefficient (Wildman–Crippen LogP) is 5.26. The summed E-state index contributed by atoms with van der Waals surface area (Å²) >= 11 is 12.0. The number of nitrogens with zero attached hydrogens (tertiary/aromatic N) is 2. The number of aromatic nitrogens is 2. The van der Waals surface area contributed by atoms with Gasteiger partial charge in [0.2, 0.25) is 5.91 Å². The Balaban J connectivity index is 1.81. The number of carbonyl (C=O) groups excluding carboxylic acids is 3. The molecule has 47 heavy (non-hydrogen) atoms. The van der Waals surface area contributed by atoms with E-state index in [9.17, 15) is 32.4 Å². The van der Waals surface area contributed by atoms with Crippen LogP contribution in [-0.2, 0) is 30.8 Å². The van der Waals surface area contributed by atoms with Crippen LogP contribution in [0.5, 0.6) is 0 Å². The fraction of sp³-hybridized carbons (Fsp3) is 0.281. The van der Waals surface area contributed by atoms with E-state index in [0.717, 1.165) is 16.7 Å². The maximum atomic E-state index is 13.7. The predicted molar refractivity (Wildman–Crippen MR) is 177 cm³/mol. The molecule has 1 aromatic heterocycles. The number of hydrogen-bond acceptors (Lipinski definition) is 9. The van der Waals surface area contributed by atoms with Gasteiger partial charge in [-0.25, -0.2) is 22.8 Å². The van der Waals surface area contributed by atoms with Gasteiger partial charge in [-0.05, 0) is 102 Å². The molecule has 1 heterocycles. The lowest BCUT2D eigenvalue weighted by Gasteiger charge is -2.22. The third kappa shape index (κ3) is 8.10. The highest BCUT2D eigenvalue weighted by molar-refractivity contribution is 7.90. The molecule has 0 aliphatic rings. The van der Waals surface area contributed by atoms with Gasteiger partial charge in [0.15, 0.2) is 0 Å². The summed E-state index contributed by atoms with van der Waals surface area (Å²) in [7, 11) is -4.75. The molecular formula is C32H31Cl2N3O9S. The summed E-state index contributed by atoms with van der Waals surface area (Å²) in [5.41, 5.74) is -4.63. The molecule has 1 N–H and O–H groups in total. The summed E-state index contributed by atoms with van der Waals surface area (Å²) < 4.78 is 38.8. The minimum atomic E-state index is -4.75. The first-order valence-electron chi connectivity index (χ1n) is 14.0. The van der Waals surface area contributed by atoms with Crippen molar-refractivity contribution in [3.8, 4) is 0 Å². The van der Waals surface area contributed by atoms with Crippen molar-refractivity contribution in [3.05, 3.63) is 103 Å². The van der Waals surface area contributed by atoms with Crippen LogP contribution in [0.25, 0.3) is 10.9 Å². The van der Waals surface area contributed by atoms with Crippen molar-refractivity contribution in [2.24, 2.45) is 0 Å². The Bertz CT molecular complexity index is 2140. The fourth-order valence-corrected chi connectivity index (χ4v) is 5.95. The number of anilines is 1. The summed E-state index contributed by atoms with van der Waals surface area (Å²) in [6.45, 7) is 9.13. The van der Waals surface area contributed by atoms with Gasteiger partial charge < -0.3 is 14.8 Å². The van der Waals surface area contributed by atoms with Crippen LogP contribution in [-0.4, -0.2) is 46.0 Å². The lowest BCUT2D eigenvalue weighted by Crippen LogP contribution is -2.45. The summed E-state index contributed by atoms with van der Waals surface area (Å²) in [5, 5.41) is 2.64. The first-order valence-corrected chi connectivity index (χ1v) is 16.2. The second-order valence-corrected chi connectivity index (χ2v) is 15.0. The van der Waals surface area contributed by atoms with E-state index in [-0.39, 0.29) is 41.7 Å². The number of benzene rings is 3. The van der Waals surface area contributed by atoms with E-state index in [4.69, 9.17) is 32.7 Å². The molecule has 0 radical (unpaired) electrons. The van der Waals surface area contributed by atoms with E-state index < -0.39 is 61.8 Å². The van der Waals surface area contributed by atoms with E-state index in [1.165, 1.54) is 48.5 Å². The monoisotopic (exact) mass is 703 g/mol. The van der Waals surface area contributed by atoms with Crippen LogP contribution in [0.4, 0.5) is 5.69 Å². The van der Waals surface area contributed by atoms with Gasteiger partial charge in [-0.15, -0.1) is 3.97 Å². The van der Waals surface area contributed by atoms with Crippen LogP contribution >= 0.6 is 23.2 Å². The average Bonchev–Trinajstić information content (AvgIpc) is 2.93. The van der Waals surface area contributed by atoms with Crippen molar-refractivity contribution in [3.63, 3.8) is 0 Å². The number of esters is 2. The highest BCUT2D eigenvalue weighted by Gasteiger charge is 2.28. The van der Waals surface area contributed by atoms with Gasteiger partial charge in [-0.2, -0.15) is 0 Å². The molecule has 0 atom stereocenters. The average molecular weight is 705 g/mol. The molecule has 4 aromatic rings. The van der Waals surface area contributed by atoms with E-state index in [0.29, 0.717) is 0 Å². The molecule has 1 amide bonds. The molecular weight excluding hydrogens is 673 g/mol. The molecule has 3 aromatic carbocycles. The number of nitrogens with one attached hydrogen (secondary N) is 1. The van der Waals surface area contributed by atoms with E-state index in [1.807, 2.05) is 0 Å². The number of fused-ring (bicyclic) bond motifs is 1. The molecule has 0 aliphatic carbocycles. The van der Waals surface area contributed by atoms with Crippen molar-refractivity contribution < 1.29 is 32.3 Å². The Morgan fingerprint density at radius 3 is 1.96 bits per heavy atom. The molecule has 0 saturated heterocycles. The van der Waals surface area contributed by atoms with E-state index in [2.05, 4.69) is 5.32 Å². The zero-order chi connectivity index (χ0) is 35.1. The van der Waals surface area contributed by atoms with Crippen LogP contribution in [0.1, 0.15) is 62.3 Å². The zero-order valence-electron chi connectivity index (χ0n) is 26.2. The van der Waals surface area contributed by atoms with Crippen LogP contribution in [0.2, 0.25) is 10.0 Å². The molecule has 0 spiro atoms. The molecule has 0 bridgehead atoms. The van der Waals surface area contributed by atoms with E-state index >= 15 is 0 Å². The molecule has 0 saturated carbocycles. The SMILES string of the molecule is CC(C)(C)OC(=O)c1ccc(NC(=O)Cn2c(=O)n(S(=O)(=O)c3ccc(Cl)cc3)c(=O)c3ccc(Cl)cc32)c(C(=O)OC(C)(C)C)c1. The third-order valence-corrected chi connectivity index (χ3v) is 8.43. The quantitative estimate of drug-likeness (QED) is 0.253. The van der Waals surface area contributed by atoms with Crippen LogP contribution < -0.4 is 16.6 Å². The Labute approximate surface area is 279 Å². The number of carbonyl (C=O) groups is 3.